The van der Waals surface area contributed by atoms with Crippen LogP contribution in [0.25, 0.3) is 0 Å². The van der Waals surface area contributed by atoms with Crippen molar-refractivity contribution in [3.05, 3.63) is 30.3 Å². The van der Waals surface area contributed by atoms with Crippen molar-refractivity contribution >= 4 is 35.5 Å². The van der Waals surface area contributed by atoms with E-state index >= 15 is 0 Å². The topological polar surface area (TPSA) is 130 Å². The van der Waals surface area contributed by atoms with E-state index in [1.165, 1.54) is 12.1 Å². The van der Waals surface area contributed by atoms with Crippen molar-refractivity contribution in [3.8, 4) is 0 Å². The van der Waals surface area contributed by atoms with E-state index in [1.807, 2.05) is 0 Å². The number of nitrogens with one attached hydrogen (secondary N) is 1. The smallest absolute Gasteiger partial charge is 0.335 e. The maximum absolute atomic E-state index is 13.2. The number of carbonyl (C=O) groups excluding carboxylic acids is 4. The number of anilines is 1. The molecular formula is C18H20N2O7. The SMILES string of the molecule is CCOC(=O)CCC1(CCC(=O)O)C(=O)NC(=O)N(c2ccccc2)C1=O. The number of nitrogens with zero attached hydrogens (tertiary/aromatic N) is 1. The minimum absolute atomic E-state index is 0.135. The van der Waals surface area contributed by atoms with Crippen LogP contribution in [-0.2, 0) is 23.9 Å². The Morgan fingerprint density at radius 2 is 1.74 bits per heavy atom. The number of hydrogen-bond acceptors (Lipinski definition) is 6. The summed E-state index contributed by atoms with van der Waals surface area (Å²) in [6, 6.07) is 7.03. The lowest BCUT2D eigenvalue weighted by molar-refractivity contribution is -0.147. The van der Waals surface area contributed by atoms with Crippen LogP contribution in [0.2, 0.25) is 0 Å². The van der Waals surface area contributed by atoms with E-state index in [-0.39, 0.29) is 31.6 Å². The molecule has 27 heavy (non-hydrogen) atoms. The third-order valence-corrected chi connectivity index (χ3v) is 4.31. The number of aliphatic carboxylic acids is 1. The summed E-state index contributed by atoms with van der Waals surface area (Å²) in [6.07, 6.45) is -1.34. The van der Waals surface area contributed by atoms with Crippen molar-refractivity contribution in [1.29, 1.82) is 0 Å². The molecule has 0 radical (unpaired) electrons. The lowest BCUT2D eigenvalue weighted by Crippen LogP contribution is -2.64. The molecular weight excluding hydrogens is 356 g/mol. The number of hydrogen-bond donors (Lipinski definition) is 2. The Kier molecular flexibility index (Phi) is 6.27. The fourth-order valence-electron chi connectivity index (χ4n) is 2.92. The molecule has 1 aliphatic heterocycles. The fourth-order valence-corrected chi connectivity index (χ4v) is 2.92. The standard InChI is InChI=1S/C18H20N2O7/c1-2-27-14(23)9-11-18(10-8-13(21)22)15(24)19-17(26)20(16(18)25)12-6-4-3-5-7-12/h3-7H,2,8-11H2,1H3,(H,21,22)(H,19,24,26). The van der Waals surface area contributed by atoms with Crippen LogP contribution in [0.5, 0.6) is 0 Å². The molecule has 2 rings (SSSR count). The van der Waals surface area contributed by atoms with E-state index < -0.39 is 41.6 Å². The van der Waals surface area contributed by atoms with E-state index in [4.69, 9.17) is 9.84 Å². The highest BCUT2D eigenvalue weighted by Crippen LogP contribution is 2.37. The van der Waals surface area contributed by atoms with Crippen LogP contribution in [0.1, 0.15) is 32.6 Å². The molecule has 1 heterocycles. The van der Waals surface area contributed by atoms with Gasteiger partial charge in [-0.15, -0.1) is 0 Å². The summed E-state index contributed by atoms with van der Waals surface area (Å²) in [6.45, 7) is 1.75. The molecule has 1 saturated heterocycles. The van der Waals surface area contributed by atoms with Gasteiger partial charge in [-0.25, -0.2) is 9.69 Å². The van der Waals surface area contributed by atoms with Crippen LogP contribution < -0.4 is 10.2 Å². The third kappa shape index (κ3) is 4.30. The van der Waals surface area contributed by atoms with Crippen LogP contribution in [0, 0.1) is 5.41 Å². The zero-order valence-electron chi connectivity index (χ0n) is 14.8. The Hall–Kier alpha value is -3.23. The van der Waals surface area contributed by atoms with Crippen molar-refractivity contribution in [3.63, 3.8) is 0 Å². The first-order valence-corrected chi connectivity index (χ1v) is 8.44. The summed E-state index contributed by atoms with van der Waals surface area (Å²) >= 11 is 0. The molecule has 2 N–H and O–H groups in total. The molecule has 1 unspecified atom stereocenters. The average Bonchev–Trinajstić information content (AvgIpc) is 2.62. The number of carbonyl (C=O) groups is 5. The molecule has 1 aliphatic rings. The van der Waals surface area contributed by atoms with Crippen LogP contribution >= 0.6 is 0 Å². The fraction of sp³-hybridized carbons (Fsp3) is 0.389. The van der Waals surface area contributed by atoms with Crippen LogP contribution in [0.3, 0.4) is 0 Å². The molecule has 1 aromatic rings. The number of amides is 4. The van der Waals surface area contributed by atoms with Crippen LogP contribution in [0.15, 0.2) is 30.3 Å². The van der Waals surface area contributed by atoms with Gasteiger partial charge in [0.1, 0.15) is 5.41 Å². The first-order valence-electron chi connectivity index (χ1n) is 8.44. The number of esters is 1. The Morgan fingerprint density at radius 1 is 1.11 bits per heavy atom. The summed E-state index contributed by atoms with van der Waals surface area (Å²) in [7, 11) is 0. The van der Waals surface area contributed by atoms with Gasteiger partial charge in [-0.2, -0.15) is 0 Å². The van der Waals surface area contributed by atoms with Crippen molar-refractivity contribution in [2.45, 2.75) is 32.6 Å². The van der Waals surface area contributed by atoms with Gasteiger partial charge in [-0.3, -0.25) is 24.5 Å². The van der Waals surface area contributed by atoms with E-state index in [1.54, 1.807) is 25.1 Å². The van der Waals surface area contributed by atoms with E-state index in [0.717, 1.165) is 4.90 Å². The summed E-state index contributed by atoms with van der Waals surface area (Å²) in [5.41, 5.74) is -1.61. The van der Waals surface area contributed by atoms with Gasteiger partial charge in [-0.05, 0) is 31.9 Å². The summed E-state index contributed by atoms with van der Waals surface area (Å²) in [4.78, 5) is 61.5. The number of rotatable bonds is 8. The van der Waals surface area contributed by atoms with Gasteiger partial charge in [0.15, 0.2) is 0 Å². The summed E-state index contributed by atoms with van der Waals surface area (Å²) in [5.74, 6) is -3.58. The zero-order valence-corrected chi connectivity index (χ0v) is 14.8. The maximum atomic E-state index is 13.2. The van der Waals surface area contributed by atoms with E-state index in [2.05, 4.69) is 5.32 Å². The zero-order chi connectivity index (χ0) is 20.0. The highest BCUT2D eigenvalue weighted by atomic mass is 16.5. The molecule has 0 aromatic heterocycles. The Bertz CT molecular complexity index is 762. The summed E-state index contributed by atoms with van der Waals surface area (Å²) < 4.78 is 4.83. The van der Waals surface area contributed by atoms with Gasteiger partial charge in [0, 0.05) is 12.8 Å². The monoisotopic (exact) mass is 376 g/mol. The second-order valence-corrected chi connectivity index (χ2v) is 6.02. The van der Waals surface area contributed by atoms with Crippen molar-refractivity contribution < 1.29 is 33.8 Å². The lowest BCUT2D eigenvalue weighted by Gasteiger charge is -2.39. The number of barbiturate groups is 1. The molecule has 1 atom stereocenters. The van der Waals surface area contributed by atoms with E-state index in [9.17, 15) is 24.0 Å². The highest BCUT2D eigenvalue weighted by Gasteiger charge is 2.54. The number of carboxylic acid groups (broad SMARTS) is 1. The van der Waals surface area contributed by atoms with Crippen LogP contribution in [0.4, 0.5) is 10.5 Å². The van der Waals surface area contributed by atoms with Crippen LogP contribution in [-0.4, -0.2) is 41.5 Å². The quantitative estimate of drug-likeness (QED) is 0.519. The van der Waals surface area contributed by atoms with Crippen molar-refractivity contribution in [2.24, 2.45) is 5.41 Å². The van der Waals surface area contributed by atoms with E-state index in [0.29, 0.717) is 0 Å². The molecule has 0 bridgehead atoms. The van der Waals surface area contributed by atoms with Gasteiger partial charge >= 0.3 is 18.0 Å². The predicted octanol–water partition coefficient (Wildman–Crippen LogP) is 1.46. The Balaban J connectivity index is 2.39. The molecule has 0 spiro atoms. The Labute approximate surface area is 155 Å². The molecule has 144 valence electrons. The second-order valence-electron chi connectivity index (χ2n) is 6.02. The van der Waals surface area contributed by atoms with Gasteiger partial charge in [-0.1, -0.05) is 18.2 Å². The predicted molar refractivity (Wildman–Crippen MR) is 92.6 cm³/mol. The molecule has 4 amide bonds. The molecule has 1 fully saturated rings. The number of para-hydroxylation sites is 1. The molecule has 0 saturated carbocycles. The molecule has 1 aromatic carbocycles. The second kappa shape index (κ2) is 8.43. The molecule has 9 heteroatoms. The third-order valence-electron chi connectivity index (χ3n) is 4.31. The number of ether oxygens (including phenoxy) is 1. The normalized spacial score (nSPS) is 19.6. The first-order chi connectivity index (χ1) is 12.8. The number of imide groups is 2. The van der Waals surface area contributed by atoms with Crippen molar-refractivity contribution in [1.82, 2.24) is 5.32 Å². The average molecular weight is 376 g/mol. The molecule has 9 nitrogen and oxygen atoms in total. The largest absolute Gasteiger partial charge is 0.481 e. The lowest BCUT2D eigenvalue weighted by atomic mass is 9.75. The van der Waals surface area contributed by atoms with Gasteiger partial charge < -0.3 is 9.84 Å². The van der Waals surface area contributed by atoms with Crippen molar-refractivity contribution in [2.75, 3.05) is 11.5 Å². The minimum atomic E-state index is -1.85. The number of carboxylic acids is 1. The number of benzene rings is 1. The summed E-state index contributed by atoms with van der Waals surface area (Å²) in [5, 5.41) is 11.1. The number of urea groups is 1. The van der Waals surface area contributed by atoms with Gasteiger partial charge in [0.25, 0.3) is 5.91 Å². The minimum Gasteiger partial charge on any atom is -0.481 e. The first kappa shape index (κ1) is 20.1. The Morgan fingerprint density at radius 3 is 2.33 bits per heavy atom. The highest BCUT2D eigenvalue weighted by molar-refractivity contribution is 6.30. The van der Waals surface area contributed by atoms with Gasteiger partial charge in [0.2, 0.25) is 5.91 Å². The maximum Gasteiger partial charge on any atom is 0.335 e. The molecule has 0 aliphatic carbocycles. The van der Waals surface area contributed by atoms with Gasteiger partial charge in [0.05, 0.1) is 12.3 Å².